The summed E-state index contributed by atoms with van der Waals surface area (Å²) in [7, 11) is 0. The monoisotopic (exact) mass is 540 g/mol. The Bertz CT molecular complexity index is 1160. The molecule has 0 aromatic heterocycles. The van der Waals surface area contributed by atoms with Crippen LogP contribution in [0.25, 0.3) is 0 Å². The zero-order valence-electron chi connectivity index (χ0n) is 19.9. The van der Waals surface area contributed by atoms with Crippen LogP contribution in [-0.4, -0.2) is 48.1 Å². The van der Waals surface area contributed by atoms with E-state index in [0.29, 0.717) is 13.0 Å². The summed E-state index contributed by atoms with van der Waals surface area (Å²) in [6, 6.07) is 7.91. The number of hydrogen-bond donors (Lipinski definition) is 3. The van der Waals surface area contributed by atoms with E-state index in [1.165, 1.54) is 30.3 Å². The standard InChI is InChI=1S/C26H28Cl2F2N2O4/c1-25(2,8-10-36-11-9-33)13-20-26(14-31,17-7-6-15(27)12-19(17)29)21(23(32-20)24(34)35)16-4-3-5-18(28)22(16)30/h3-7,12,20-21,23,32-33H,8-11,13H2,1-2H3,(H,34,35)/t20-,21-,23+,26-/m0/s1. The quantitative estimate of drug-likeness (QED) is 0.364. The molecule has 1 heterocycles. The van der Waals surface area contributed by atoms with Crippen molar-refractivity contribution in [2.45, 2.75) is 50.1 Å². The number of carboxylic acids is 1. The topological polar surface area (TPSA) is 103 Å². The highest BCUT2D eigenvalue weighted by atomic mass is 35.5. The van der Waals surface area contributed by atoms with Gasteiger partial charge in [0.1, 0.15) is 23.1 Å². The fourth-order valence-corrected chi connectivity index (χ4v) is 5.44. The zero-order chi connectivity index (χ0) is 26.7. The number of benzene rings is 2. The SMILES string of the molecule is CC(C)(CCOCCO)C[C@@H]1N[C@@H](C(=O)O)[C@H](c2cccc(Cl)c2F)[C@@]1(C#N)c1ccc(Cl)cc1F. The summed E-state index contributed by atoms with van der Waals surface area (Å²) < 4.78 is 36.2. The average molecular weight is 541 g/mol. The number of halogens is 4. The molecule has 6 nitrogen and oxygen atoms in total. The zero-order valence-corrected chi connectivity index (χ0v) is 21.4. The van der Waals surface area contributed by atoms with E-state index in [4.69, 9.17) is 33.0 Å². The molecule has 0 radical (unpaired) electrons. The number of nitrogens with zero attached hydrogens (tertiary/aromatic N) is 1. The van der Waals surface area contributed by atoms with Crippen LogP contribution in [0.3, 0.4) is 0 Å². The number of ether oxygens (including phenoxy) is 1. The Kier molecular flexibility index (Phi) is 8.97. The number of carbonyl (C=O) groups is 1. The lowest BCUT2D eigenvalue weighted by atomic mass is 9.62. The van der Waals surface area contributed by atoms with Crippen LogP contribution < -0.4 is 5.32 Å². The highest BCUT2D eigenvalue weighted by Gasteiger charge is 2.61. The van der Waals surface area contributed by atoms with Crippen molar-refractivity contribution in [1.82, 2.24) is 5.32 Å². The van der Waals surface area contributed by atoms with Gasteiger partial charge in [0.15, 0.2) is 0 Å². The first-order valence-corrected chi connectivity index (χ1v) is 12.2. The molecule has 0 amide bonds. The summed E-state index contributed by atoms with van der Waals surface area (Å²) in [4.78, 5) is 12.4. The van der Waals surface area contributed by atoms with Gasteiger partial charge < -0.3 is 14.9 Å². The predicted octanol–water partition coefficient (Wildman–Crippen LogP) is 5.06. The molecule has 0 bridgehead atoms. The molecule has 0 aliphatic carbocycles. The van der Waals surface area contributed by atoms with E-state index in [0.717, 1.165) is 6.07 Å². The maximum atomic E-state index is 15.5. The summed E-state index contributed by atoms with van der Waals surface area (Å²) in [5, 5.41) is 32.6. The largest absolute Gasteiger partial charge is 0.480 e. The summed E-state index contributed by atoms with van der Waals surface area (Å²) in [5.74, 6) is -4.26. The number of nitrogens with one attached hydrogen (secondary N) is 1. The highest BCUT2D eigenvalue weighted by Crippen LogP contribution is 2.53. The van der Waals surface area contributed by atoms with E-state index in [1.54, 1.807) is 0 Å². The average Bonchev–Trinajstić information content (AvgIpc) is 3.12. The molecule has 0 spiro atoms. The van der Waals surface area contributed by atoms with Gasteiger partial charge in [0.25, 0.3) is 0 Å². The van der Waals surface area contributed by atoms with Crippen LogP contribution in [0.2, 0.25) is 10.0 Å². The van der Waals surface area contributed by atoms with Crippen LogP contribution in [-0.2, 0) is 14.9 Å². The molecule has 1 aliphatic heterocycles. The third-order valence-electron chi connectivity index (χ3n) is 6.81. The van der Waals surface area contributed by atoms with Gasteiger partial charge in [-0.25, -0.2) is 8.78 Å². The highest BCUT2D eigenvalue weighted by molar-refractivity contribution is 6.31. The summed E-state index contributed by atoms with van der Waals surface area (Å²) >= 11 is 12.0. The van der Waals surface area contributed by atoms with Gasteiger partial charge in [0, 0.05) is 29.2 Å². The predicted molar refractivity (Wildman–Crippen MR) is 132 cm³/mol. The summed E-state index contributed by atoms with van der Waals surface area (Å²) in [6.45, 7) is 4.21. The van der Waals surface area contributed by atoms with Crippen molar-refractivity contribution in [2.24, 2.45) is 5.41 Å². The van der Waals surface area contributed by atoms with Crippen LogP contribution in [0.4, 0.5) is 8.78 Å². The van der Waals surface area contributed by atoms with Gasteiger partial charge in [0.2, 0.25) is 0 Å². The number of hydrogen-bond acceptors (Lipinski definition) is 5. The van der Waals surface area contributed by atoms with Crippen molar-refractivity contribution in [3.05, 3.63) is 69.2 Å². The Labute approximate surface area is 218 Å². The van der Waals surface area contributed by atoms with Gasteiger partial charge in [-0.15, -0.1) is 0 Å². The molecule has 2 aromatic carbocycles. The molecule has 1 aliphatic rings. The maximum Gasteiger partial charge on any atom is 0.321 e. The molecular formula is C26H28Cl2F2N2O4. The second kappa shape index (κ2) is 11.4. The molecule has 36 heavy (non-hydrogen) atoms. The Morgan fingerprint density at radius 1 is 1.25 bits per heavy atom. The number of aliphatic carboxylic acids is 1. The van der Waals surface area contributed by atoms with Gasteiger partial charge in [-0.2, -0.15) is 5.26 Å². The van der Waals surface area contributed by atoms with Crippen molar-refractivity contribution in [2.75, 3.05) is 19.8 Å². The molecular weight excluding hydrogens is 513 g/mol. The van der Waals surface area contributed by atoms with Crippen molar-refractivity contribution in [1.29, 1.82) is 5.26 Å². The van der Waals surface area contributed by atoms with E-state index >= 15 is 8.78 Å². The molecule has 1 fully saturated rings. The maximum absolute atomic E-state index is 15.5. The van der Waals surface area contributed by atoms with Crippen molar-refractivity contribution in [3.63, 3.8) is 0 Å². The van der Waals surface area contributed by atoms with Crippen LogP contribution >= 0.6 is 23.2 Å². The van der Waals surface area contributed by atoms with E-state index in [2.05, 4.69) is 11.4 Å². The van der Waals surface area contributed by atoms with E-state index in [-0.39, 0.29) is 40.8 Å². The van der Waals surface area contributed by atoms with Crippen molar-refractivity contribution in [3.8, 4) is 6.07 Å². The third kappa shape index (κ3) is 5.51. The Morgan fingerprint density at radius 3 is 2.58 bits per heavy atom. The first-order chi connectivity index (χ1) is 17.0. The molecule has 10 heteroatoms. The number of nitriles is 1. The molecule has 0 unspecified atom stereocenters. The lowest BCUT2D eigenvalue weighted by Gasteiger charge is -2.38. The minimum absolute atomic E-state index is 0.0765. The fourth-order valence-electron chi connectivity index (χ4n) is 5.10. The minimum Gasteiger partial charge on any atom is -0.480 e. The fraction of sp³-hybridized carbons (Fsp3) is 0.462. The number of aliphatic hydroxyl groups is 1. The van der Waals surface area contributed by atoms with E-state index < -0.39 is 46.4 Å². The van der Waals surface area contributed by atoms with E-state index in [9.17, 15) is 15.2 Å². The number of rotatable bonds is 10. The Hall–Kier alpha value is -2.28. The molecule has 194 valence electrons. The number of aliphatic hydroxyl groups excluding tert-OH is 1. The van der Waals surface area contributed by atoms with Crippen molar-refractivity contribution < 1.29 is 28.5 Å². The van der Waals surface area contributed by atoms with Gasteiger partial charge in [-0.1, -0.05) is 55.2 Å². The molecule has 1 saturated heterocycles. The Balaban J connectivity index is 2.21. The van der Waals surface area contributed by atoms with Gasteiger partial charge in [-0.3, -0.25) is 10.1 Å². The molecule has 3 rings (SSSR count). The third-order valence-corrected chi connectivity index (χ3v) is 7.34. The lowest BCUT2D eigenvalue weighted by molar-refractivity contribution is -0.139. The second-order valence-corrected chi connectivity index (χ2v) is 10.6. The van der Waals surface area contributed by atoms with Crippen molar-refractivity contribution >= 4 is 29.2 Å². The lowest BCUT2D eigenvalue weighted by Crippen LogP contribution is -2.45. The Morgan fingerprint density at radius 2 is 1.97 bits per heavy atom. The van der Waals surface area contributed by atoms with Crippen LogP contribution in [0.15, 0.2) is 36.4 Å². The minimum atomic E-state index is -1.81. The molecule has 0 saturated carbocycles. The van der Waals surface area contributed by atoms with Crippen LogP contribution in [0.1, 0.15) is 43.7 Å². The molecule has 2 aromatic rings. The molecule has 3 N–H and O–H groups in total. The van der Waals surface area contributed by atoms with Crippen LogP contribution in [0, 0.1) is 28.4 Å². The first kappa shape index (κ1) is 28.3. The molecule has 4 atom stereocenters. The van der Waals surface area contributed by atoms with Gasteiger partial charge >= 0.3 is 5.97 Å². The number of carboxylic acid groups (broad SMARTS) is 1. The summed E-state index contributed by atoms with van der Waals surface area (Å²) in [5.41, 5.74) is -2.48. The van der Waals surface area contributed by atoms with E-state index in [1.807, 2.05) is 13.8 Å². The van der Waals surface area contributed by atoms with Gasteiger partial charge in [-0.05, 0) is 42.0 Å². The second-order valence-electron chi connectivity index (χ2n) is 9.72. The van der Waals surface area contributed by atoms with Gasteiger partial charge in [0.05, 0.1) is 24.3 Å². The summed E-state index contributed by atoms with van der Waals surface area (Å²) in [6.07, 6.45) is 0.761. The normalized spacial score (nSPS) is 24.0. The first-order valence-electron chi connectivity index (χ1n) is 11.5. The van der Waals surface area contributed by atoms with Crippen LogP contribution in [0.5, 0.6) is 0 Å². The smallest absolute Gasteiger partial charge is 0.321 e.